The predicted molar refractivity (Wildman–Crippen MR) is 134 cm³/mol. The quantitative estimate of drug-likeness (QED) is 0.570. The van der Waals surface area contributed by atoms with Crippen molar-refractivity contribution >= 4 is 29.1 Å². The maximum absolute atomic E-state index is 12.7. The van der Waals surface area contributed by atoms with Crippen molar-refractivity contribution in [1.29, 1.82) is 0 Å². The number of carbonyl (C=O) groups is 2. The number of hydrogen-bond acceptors (Lipinski definition) is 3. The van der Waals surface area contributed by atoms with Gasteiger partial charge in [-0.2, -0.15) is 0 Å². The van der Waals surface area contributed by atoms with Gasteiger partial charge < -0.3 is 15.1 Å². The highest BCUT2D eigenvalue weighted by Crippen LogP contribution is 2.28. The van der Waals surface area contributed by atoms with Crippen molar-refractivity contribution in [3.63, 3.8) is 0 Å². The average molecular weight is 462 g/mol. The van der Waals surface area contributed by atoms with Gasteiger partial charge in [-0.3, -0.25) is 9.59 Å². The SMILES string of the molecule is CN(c1ccccc1Cl)C1CCN(C(=O)CNC(=O)c2ccc(-c3ccccc3)cc2)CC1. The van der Waals surface area contributed by atoms with Crippen molar-refractivity contribution in [2.45, 2.75) is 18.9 Å². The van der Waals surface area contributed by atoms with Gasteiger partial charge in [-0.05, 0) is 48.2 Å². The monoisotopic (exact) mass is 461 g/mol. The summed E-state index contributed by atoms with van der Waals surface area (Å²) in [6.07, 6.45) is 1.73. The van der Waals surface area contributed by atoms with Crippen LogP contribution in [0.2, 0.25) is 5.02 Å². The lowest BCUT2D eigenvalue weighted by Crippen LogP contribution is -2.48. The summed E-state index contributed by atoms with van der Waals surface area (Å²) in [4.78, 5) is 29.2. The van der Waals surface area contributed by atoms with Gasteiger partial charge in [-0.1, -0.05) is 66.2 Å². The molecule has 0 spiro atoms. The van der Waals surface area contributed by atoms with Crippen molar-refractivity contribution in [2.75, 3.05) is 31.6 Å². The fourth-order valence-electron chi connectivity index (χ4n) is 4.25. The van der Waals surface area contributed by atoms with Gasteiger partial charge >= 0.3 is 0 Å². The fraction of sp³-hybridized carbons (Fsp3) is 0.259. The molecule has 1 saturated heterocycles. The van der Waals surface area contributed by atoms with Crippen LogP contribution < -0.4 is 10.2 Å². The fourth-order valence-corrected chi connectivity index (χ4v) is 4.52. The van der Waals surface area contributed by atoms with E-state index in [4.69, 9.17) is 11.6 Å². The standard InChI is InChI=1S/C27H28ClN3O2/c1-30(25-10-6-5-9-24(25)28)23-15-17-31(18-16-23)26(32)19-29-27(33)22-13-11-21(12-14-22)20-7-3-2-4-8-20/h2-14,23H,15-19H2,1H3,(H,29,33). The number of likely N-dealkylation sites (tertiary alicyclic amines) is 1. The Morgan fingerprint density at radius 1 is 0.909 bits per heavy atom. The third-order valence-corrected chi connectivity index (χ3v) is 6.57. The van der Waals surface area contributed by atoms with Gasteiger partial charge in [0.05, 0.1) is 17.3 Å². The van der Waals surface area contributed by atoms with Gasteiger partial charge in [0.2, 0.25) is 5.91 Å². The highest BCUT2D eigenvalue weighted by molar-refractivity contribution is 6.33. The predicted octanol–water partition coefficient (Wildman–Crippen LogP) is 4.86. The Balaban J connectivity index is 1.26. The zero-order valence-electron chi connectivity index (χ0n) is 18.7. The molecule has 6 heteroatoms. The van der Waals surface area contributed by atoms with Crippen LogP contribution in [0.5, 0.6) is 0 Å². The maximum atomic E-state index is 12.7. The van der Waals surface area contributed by atoms with E-state index in [0.29, 0.717) is 24.7 Å². The van der Waals surface area contributed by atoms with Crippen molar-refractivity contribution in [2.24, 2.45) is 0 Å². The zero-order chi connectivity index (χ0) is 23.2. The van der Waals surface area contributed by atoms with E-state index in [0.717, 1.165) is 34.7 Å². The minimum Gasteiger partial charge on any atom is -0.370 e. The lowest BCUT2D eigenvalue weighted by atomic mass is 10.0. The van der Waals surface area contributed by atoms with Crippen LogP contribution in [0.15, 0.2) is 78.9 Å². The Hall–Kier alpha value is -3.31. The molecule has 33 heavy (non-hydrogen) atoms. The van der Waals surface area contributed by atoms with Crippen LogP contribution in [-0.4, -0.2) is 49.4 Å². The number of benzene rings is 3. The van der Waals surface area contributed by atoms with E-state index in [1.165, 1.54) is 0 Å². The molecule has 1 aliphatic heterocycles. The zero-order valence-corrected chi connectivity index (χ0v) is 19.5. The van der Waals surface area contributed by atoms with Gasteiger partial charge in [0, 0.05) is 31.7 Å². The number of halogens is 1. The Morgan fingerprint density at radius 2 is 1.52 bits per heavy atom. The molecule has 1 N–H and O–H groups in total. The first-order valence-electron chi connectivity index (χ1n) is 11.2. The van der Waals surface area contributed by atoms with E-state index in [9.17, 15) is 9.59 Å². The number of para-hydroxylation sites is 1. The summed E-state index contributed by atoms with van der Waals surface area (Å²) in [5.41, 5.74) is 3.70. The largest absolute Gasteiger partial charge is 0.370 e. The van der Waals surface area contributed by atoms with E-state index < -0.39 is 0 Å². The molecule has 1 aliphatic rings. The smallest absolute Gasteiger partial charge is 0.251 e. The summed E-state index contributed by atoms with van der Waals surface area (Å²) in [7, 11) is 2.05. The molecule has 0 unspecified atom stereocenters. The van der Waals surface area contributed by atoms with Gasteiger partial charge in [0.25, 0.3) is 5.91 Å². The Kier molecular flexibility index (Phi) is 7.30. The summed E-state index contributed by atoms with van der Waals surface area (Å²) in [6, 6.07) is 25.6. The Bertz CT molecular complexity index is 1090. The summed E-state index contributed by atoms with van der Waals surface area (Å²) < 4.78 is 0. The maximum Gasteiger partial charge on any atom is 0.251 e. The van der Waals surface area contributed by atoms with Crippen LogP contribution in [0.3, 0.4) is 0 Å². The number of amides is 2. The normalized spacial score (nSPS) is 14.1. The van der Waals surface area contributed by atoms with Crippen LogP contribution in [0, 0.1) is 0 Å². The van der Waals surface area contributed by atoms with Gasteiger partial charge in [-0.25, -0.2) is 0 Å². The number of anilines is 1. The minimum atomic E-state index is -0.240. The molecule has 170 valence electrons. The molecule has 0 radical (unpaired) electrons. The lowest BCUT2D eigenvalue weighted by molar-refractivity contribution is -0.131. The topological polar surface area (TPSA) is 52.6 Å². The third-order valence-electron chi connectivity index (χ3n) is 6.25. The molecule has 1 fully saturated rings. The van der Waals surface area contributed by atoms with Crippen LogP contribution in [0.25, 0.3) is 11.1 Å². The number of carbonyl (C=O) groups excluding carboxylic acids is 2. The number of rotatable bonds is 6. The number of nitrogens with one attached hydrogen (secondary N) is 1. The van der Waals surface area contributed by atoms with E-state index in [-0.39, 0.29) is 18.4 Å². The molecule has 0 aromatic heterocycles. The molecule has 0 atom stereocenters. The van der Waals surface area contributed by atoms with Gasteiger partial charge in [-0.15, -0.1) is 0 Å². The summed E-state index contributed by atoms with van der Waals surface area (Å²) in [5, 5.41) is 3.50. The van der Waals surface area contributed by atoms with Crippen LogP contribution in [0.4, 0.5) is 5.69 Å². The van der Waals surface area contributed by atoms with E-state index in [2.05, 4.69) is 10.2 Å². The van der Waals surface area contributed by atoms with Crippen molar-refractivity contribution < 1.29 is 9.59 Å². The first-order valence-corrected chi connectivity index (χ1v) is 11.6. The van der Waals surface area contributed by atoms with Crippen LogP contribution in [0.1, 0.15) is 23.2 Å². The second-order valence-corrected chi connectivity index (χ2v) is 8.71. The van der Waals surface area contributed by atoms with Crippen LogP contribution in [-0.2, 0) is 4.79 Å². The Morgan fingerprint density at radius 3 is 2.18 bits per heavy atom. The number of hydrogen-bond donors (Lipinski definition) is 1. The first kappa shape index (κ1) is 22.9. The molecular weight excluding hydrogens is 434 g/mol. The molecule has 3 aromatic rings. The highest BCUT2D eigenvalue weighted by Gasteiger charge is 2.26. The molecular formula is C27H28ClN3O2. The lowest BCUT2D eigenvalue weighted by Gasteiger charge is -2.38. The molecule has 1 heterocycles. The number of nitrogens with zero attached hydrogens (tertiary/aromatic N) is 2. The summed E-state index contributed by atoms with van der Waals surface area (Å²) in [6.45, 7) is 1.34. The van der Waals surface area contributed by atoms with Crippen molar-refractivity contribution in [1.82, 2.24) is 10.2 Å². The van der Waals surface area contributed by atoms with E-state index in [1.54, 1.807) is 12.1 Å². The van der Waals surface area contributed by atoms with Gasteiger partial charge in [0.15, 0.2) is 0 Å². The molecule has 0 aliphatic carbocycles. The molecule has 3 aromatic carbocycles. The average Bonchev–Trinajstić information content (AvgIpc) is 2.87. The molecule has 0 saturated carbocycles. The molecule has 4 rings (SSSR count). The summed E-state index contributed by atoms with van der Waals surface area (Å²) in [5.74, 6) is -0.292. The molecule has 2 amide bonds. The second kappa shape index (κ2) is 10.5. The van der Waals surface area contributed by atoms with Crippen molar-refractivity contribution in [3.8, 4) is 11.1 Å². The Labute approximate surface area is 200 Å². The molecule has 5 nitrogen and oxygen atoms in total. The highest BCUT2D eigenvalue weighted by atomic mass is 35.5. The first-order chi connectivity index (χ1) is 16.0. The van der Waals surface area contributed by atoms with Crippen LogP contribution >= 0.6 is 11.6 Å². The summed E-state index contributed by atoms with van der Waals surface area (Å²) >= 11 is 6.33. The second-order valence-electron chi connectivity index (χ2n) is 8.30. The third kappa shape index (κ3) is 5.55. The number of piperidine rings is 1. The molecule has 0 bridgehead atoms. The van der Waals surface area contributed by atoms with E-state index in [1.807, 2.05) is 78.7 Å². The van der Waals surface area contributed by atoms with Gasteiger partial charge in [0.1, 0.15) is 0 Å². The minimum absolute atomic E-state index is 0.00426. The van der Waals surface area contributed by atoms with Crippen molar-refractivity contribution in [3.05, 3.63) is 89.4 Å². The van der Waals surface area contributed by atoms with E-state index >= 15 is 0 Å².